The summed E-state index contributed by atoms with van der Waals surface area (Å²) in [7, 11) is 0. The molecule has 0 saturated carbocycles. The van der Waals surface area contributed by atoms with Crippen LogP contribution in [0.15, 0.2) is 18.3 Å². The normalized spacial score (nSPS) is 10.5. The van der Waals surface area contributed by atoms with Crippen molar-refractivity contribution in [3.63, 3.8) is 0 Å². The second-order valence-electron chi connectivity index (χ2n) is 3.90. The average Bonchev–Trinajstić information content (AvgIpc) is 2.37. The van der Waals surface area contributed by atoms with Crippen LogP contribution in [-0.2, 0) is 11.3 Å². The Balaban J connectivity index is 2.20. The van der Waals surface area contributed by atoms with E-state index in [0.717, 1.165) is 18.5 Å². The molecule has 0 spiro atoms. The number of hydrogen-bond acceptors (Lipinski definition) is 4. The summed E-state index contributed by atoms with van der Waals surface area (Å²) < 4.78 is 0. The van der Waals surface area contributed by atoms with Gasteiger partial charge in [-0.1, -0.05) is 13.8 Å². The predicted octanol–water partition coefficient (Wildman–Crippen LogP) is 0.871. The molecule has 0 radical (unpaired) electrons. The van der Waals surface area contributed by atoms with E-state index in [4.69, 9.17) is 0 Å². The van der Waals surface area contributed by atoms with Crippen molar-refractivity contribution in [3.05, 3.63) is 24.0 Å². The van der Waals surface area contributed by atoms with Gasteiger partial charge in [0.15, 0.2) is 0 Å². The van der Waals surface area contributed by atoms with Gasteiger partial charge >= 0.3 is 0 Å². The number of amides is 1. The van der Waals surface area contributed by atoms with Crippen LogP contribution in [0.1, 0.15) is 32.4 Å². The Hall–Kier alpha value is -1.49. The van der Waals surface area contributed by atoms with Crippen LogP contribution < -0.4 is 10.6 Å². The molecule has 1 amide bonds. The largest absolute Gasteiger partial charge is 0.352 e. The summed E-state index contributed by atoms with van der Waals surface area (Å²) in [5.41, 5.74) is 0.836. The molecule has 94 valence electrons. The van der Waals surface area contributed by atoms with Gasteiger partial charge in [0.25, 0.3) is 0 Å². The molecular formula is C12H20N4O. The van der Waals surface area contributed by atoms with Crippen molar-refractivity contribution in [2.45, 2.75) is 39.3 Å². The van der Waals surface area contributed by atoms with Crippen molar-refractivity contribution < 1.29 is 4.79 Å². The molecule has 5 nitrogen and oxygen atoms in total. The molecule has 1 rings (SSSR count). The highest BCUT2D eigenvalue weighted by molar-refractivity contribution is 5.78. The number of rotatable bonds is 7. The number of nitrogens with one attached hydrogen (secondary N) is 2. The van der Waals surface area contributed by atoms with Crippen LogP contribution in [0.4, 0.5) is 0 Å². The van der Waals surface area contributed by atoms with Gasteiger partial charge in [-0.15, -0.1) is 0 Å². The van der Waals surface area contributed by atoms with Gasteiger partial charge in [0, 0.05) is 18.8 Å². The average molecular weight is 236 g/mol. The molecule has 0 aliphatic heterocycles. The topological polar surface area (TPSA) is 66.9 Å². The van der Waals surface area contributed by atoms with Crippen LogP contribution in [0.5, 0.6) is 0 Å². The van der Waals surface area contributed by atoms with Gasteiger partial charge in [-0.25, -0.2) is 0 Å². The Morgan fingerprint density at radius 2 is 2.18 bits per heavy atom. The van der Waals surface area contributed by atoms with Crippen LogP contribution in [0.2, 0.25) is 0 Å². The van der Waals surface area contributed by atoms with E-state index in [2.05, 4.69) is 34.7 Å². The summed E-state index contributed by atoms with van der Waals surface area (Å²) in [6.45, 7) is 5.01. The first-order chi connectivity index (χ1) is 8.26. The summed E-state index contributed by atoms with van der Waals surface area (Å²) in [4.78, 5) is 11.6. The van der Waals surface area contributed by atoms with Crippen LogP contribution in [0.25, 0.3) is 0 Å². The Morgan fingerprint density at radius 3 is 2.76 bits per heavy atom. The summed E-state index contributed by atoms with van der Waals surface area (Å²) in [5, 5.41) is 13.7. The summed E-state index contributed by atoms with van der Waals surface area (Å²) >= 11 is 0. The van der Waals surface area contributed by atoms with Gasteiger partial charge in [0.2, 0.25) is 5.91 Å². The van der Waals surface area contributed by atoms with Gasteiger partial charge in [-0.3, -0.25) is 4.79 Å². The van der Waals surface area contributed by atoms with E-state index in [1.54, 1.807) is 6.20 Å². The number of nitrogens with zero attached hydrogens (tertiary/aromatic N) is 2. The second-order valence-corrected chi connectivity index (χ2v) is 3.90. The van der Waals surface area contributed by atoms with Crippen molar-refractivity contribution in [1.82, 2.24) is 20.8 Å². The standard InChI is InChI=1S/C12H20N4O/c1-3-10(4-2)15-12(17)9-13-8-11-6-5-7-14-16-11/h5-7,10,13H,3-4,8-9H2,1-2H3,(H,15,17). The van der Waals surface area contributed by atoms with Crippen molar-refractivity contribution in [3.8, 4) is 0 Å². The Morgan fingerprint density at radius 1 is 1.41 bits per heavy atom. The van der Waals surface area contributed by atoms with Crippen LogP contribution in [0.3, 0.4) is 0 Å². The van der Waals surface area contributed by atoms with Crippen molar-refractivity contribution in [2.24, 2.45) is 0 Å². The minimum atomic E-state index is 0.0302. The van der Waals surface area contributed by atoms with E-state index in [1.807, 2.05) is 12.1 Å². The molecule has 5 heteroatoms. The zero-order valence-electron chi connectivity index (χ0n) is 10.4. The zero-order valence-corrected chi connectivity index (χ0v) is 10.4. The molecule has 0 aromatic carbocycles. The van der Waals surface area contributed by atoms with E-state index >= 15 is 0 Å². The van der Waals surface area contributed by atoms with Crippen LogP contribution in [-0.4, -0.2) is 28.7 Å². The van der Waals surface area contributed by atoms with Gasteiger partial charge in [0.05, 0.1) is 12.2 Å². The SMILES string of the molecule is CCC(CC)NC(=O)CNCc1cccnn1. The third-order valence-corrected chi connectivity index (χ3v) is 2.57. The molecule has 0 fully saturated rings. The fourth-order valence-corrected chi connectivity index (χ4v) is 1.50. The van der Waals surface area contributed by atoms with Gasteiger partial charge in [-0.2, -0.15) is 10.2 Å². The first-order valence-electron chi connectivity index (χ1n) is 6.02. The van der Waals surface area contributed by atoms with Crippen LogP contribution in [0, 0.1) is 0 Å². The lowest BCUT2D eigenvalue weighted by Crippen LogP contribution is -2.39. The molecule has 17 heavy (non-hydrogen) atoms. The van der Waals surface area contributed by atoms with E-state index < -0.39 is 0 Å². The Bertz CT molecular complexity index is 325. The smallest absolute Gasteiger partial charge is 0.234 e. The Kier molecular flexibility index (Phi) is 6.17. The lowest BCUT2D eigenvalue weighted by molar-refractivity contribution is -0.121. The molecule has 0 atom stereocenters. The quantitative estimate of drug-likeness (QED) is 0.737. The highest BCUT2D eigenvalue weighted by atomic mass is 16.1. The fraction of sp³-hybridized carbons (Fsp3) is 0.583. The third-order valence-electron chi connectivity index (χ3n) is 2.57. The lowest BCUT2D eigenvalue weighted by atomic mass is 10.2. The monoisotopic (exact) mass is 236 g/mol. The number of carbonyl (C=O) groups excluding carboxylic acids is 1. The van der Waals surface area contributed by atoms with E-state index in [1.165, 1.54) is 0 Å². The van der Waals surface area contributed by atoms with Crippen molar-refractivity contribution in [2.75, 3.05) is 6.54 Å². The maximum absolute atomic E-state index is 11.6. The molecule has 0 saturated heterocycles. The molecular weight excluding hydrogens is 216 g/mol. The molecule has 1 aromatic heterocycles. The first-order valence-corrected chi connectivity index (χ1v) is 6.02. The minimum Gasteiger partial charge on any atom is -0.352 e. The highest BCUT2D eigenvalue weighted by Gasteiger charge is 2.07. The minimum absolute atomic E-state index is 0.0302. The molecule has 1 heterocycles. The molecule has 2 N–H and O–H groups in total. The summed E-state index contributed by atoms with van der Waals surface area (Å²) in [6.07, 6.45) is 3.56. The highest BCUT2D eigenvalue weighted by Crippen LogP contribution is 1.95. The molecule has 0 bridgehead atoms. The van der Waals surface area contributed by atoms with Crippen molar-refractivity contribution >= 4 is 5.91 Å². The third kappa shape index (κ3) is 5.40. The fourth-order valence-electron chi connectivity index (χ4n) is 1.50. The summed E-state index contributed by atoms with van der Waals surface area (Å²) in [5.74, 6) is 0.0302. The van der Waals surface area contributed by atoms with Gasteiger partial charge < -0.3 is 10.6 Å². The molecule has 1 aromatic rings. The Labute approximate surface area is 102 Å². The lowest BCUT2D eigenvalue weighted by Gasteiger charge is -2.14. The molecule has 0 unspecified atom stereocenters. The van der Waals surface area contributed by atoms with E-state index in [9.17, 15) is 4.79 Å². The second kappa shape index (κ2) is 7.73. The number of aromatic nitrogens is 2. The van der Waals surface area contributed by atoms with Crippen LogP contribution >= 0.6 is 0 Å². The summed E-state index contributed by atoms with van der Waals surface area (Å²) in [6, 6.07) is 3.98. The van der Waals surface area contributed by atoms with Crippen molar-refractivity contribution in [1.29, 1.82) is 0 Å². The predicted molar refractivity (Wildman–Crippen MR) is 66.3 cm³/mol. The maximum atomic E-state index is 11.6. The molecule has 0 aliphatic carbocycles. The first kappa shape index (κ1) is 13.6. The zero-order chi connectivity index (χ0) is 12.5. The van der Waals surface area contributed by atoms with E-state index in [-0.39, 0.29) is 11.9 Å². The van der Waals surface area contributed by atoms with Gasteiger partial charge in [-0.05, 0) is 25.0 Å². The maximum Gasteiger partial charge on any atom is 0.234 e. The van der Waals surface area contributed by atoms with Gasteiger partial charge in [0.1, 0.15) is 0 Å². The number of hydrogen-bond donors (Lipinski definition) is 2. The number of carbonyl (C=O) groups is 1. The van der Waals surface area contributed by atoms with E-state index in [0.29, 0.717) is 13.1 Å². The molecule has 0 aliphatic rings.